The van der Waals surface area contributed by atoms with Crippen molar-refractivity contribution in [1.29, 1.82) is 0 Å². The van der Waals surface area contributed by atoms with Crippen molar-refractivity contribution in [3.63, 3.8) is 0 Å². The van der Waals surface area contributed by atoms with E-state index in [0.717, 1.165) is 51.1 Å². The van der Waals surface area contributed by atoms with Gasteiger partial charge in [0, 0.05) is 11.3 Å². The Kier molecular flexibility index (Phi) is 4.91. The van der Waals surface area contributed by atoms with Gasteiger partial charge in [-0.3, -0.25) is 0 Å². The summed E-state index contributed by atoms with van der Waals surface area (Å²) in [6, 6.07) is 0. The van der Waals surface area contributed by atoms with Crippen LogP contribution in [0.5, 0.6) is 0 Å². The fraction of sp³-hybridized carbons (Fsp3) is 0.714. The summed E-state index contributed by atoms with van der Waals surface area (Å²) in [6.07, 6.45) is 9.94. The molecule has 2 heteroatoms. The summed E-state index contributed by atoms with van der Waals surface area (Å²) in [5.74, 6) is 0.267. The summed E-state index contributed by atoms with van der Waals surface area (Å²) in [5.41, 5.74) is -0.233. The maximum absolute atomic E-state index is 11.4. The maximum Gasteiger partial charge on any atom is 0.126 e. The maximum atomic E-state index is 11.4. The summed E-state index contributed by atoms with van der Waals surface area (Å²) < 4.78 is 0. The number of allylic oxidation sites excluding steroid dienone is 1. The van der Waals surface area contributed by atoms with Crippen LogP contribution in [0.3, 0.4) is 0 Å². The highest BCUT2D eigenvalue weighted by Crippen LogP contribution is 2.48. The van der Waals surface area contributed by atoms with E-state index >= 15 is 0 Å². The fourth-order valence-corrected chi connectivity index (χ4v) is 3.10. The molecule has 0 saturated heterocycles. The van der Waals surface area contributed by atoms with Crippen LogP contribution in [0.2, 0.25) is 0 Å². The van der Waals surface area contributed by atoms with E-state index in [4.69, 9.17) is 0 Å². The normalized spacial score (nSPS) is 30.9. The molecule has 2 nitrogen and oxygen atoms in total. The lowest BCUT2D eigenvalue weighted by molar-refractivity contribution is -0.121. The Morgan fingerprint density at radius 3 is 2.81 bits per heavy atom. The van der Waals surface area contributed by atoms with Gasteiger partial charge >= 0.3 is 0 Å². The van der Waals surface area contributed by atoms with Gasteiger partial charge in [0.15, 0.2) is 0 Å². The van der Waals surface area contributed by atoms with Crippen LogP contribution in [0, 0.1) is 17.3 Å². The third-order valence-electron chi connectivity index (χ3n) is 4.03. The number of carbonyl (C=O) groups is 2. The Morgan fingerprint density at radius 1 is 1.50 bits per heavy atom. The van der Waals surface area contributed by atoms with Gasteiger partial charge in [0.05, 0.1) is 0 Å². The zero-order valence-corrected chi connectivity index (χ0v) is 10.2. The van der Waals surface area contributed by atoms with Crippen LogP contribution in [-0.2, 0) is 9.59 Å². The van der Waals surface area contributed by atoms with Crippen LogP contribution < -0.4 is 0 Å². The molecule has 1 fully saturated rings. The SMILES string of the molecule is C=CCCC[C@]1(C=O)CCC[C@H]1[C@H](C)C=O. The molecule has 1 aliphatic rings. The first kappa shape index (κ1) is 13.1. The van der Waals surface area contributed by atoms with Crippen LogP contribution in [0.1, 0.15) is 45.4 Å². The molecule has 0 N–H and O–H groups in total. The van der Waals surface area contributed by atoms with E-state index in [1.807, 2.05) is 13.0 Å². The van der Waals surface area contributed by atoms with Gasteiger partial charge in [-0.2, -0.15) is 0 Å². The molecule has 16 heavy (non-hydrogen) atoms. The fourth-order valence-electron chi connectivity index (χ4n) is 3.10. The lowest BCUT2D eigenvalue weighted by Gasteiger charge is -2.32. The molecule has 1 aliphatic carbocycles. The molecule has 0 aliphatic heterocycles. The second-order valence-corrected chi connectivity index (χ2v) is 5.03. The molecule has 3 atom stereocenters. The molecule has 0 aromatic heterocycles. The number of aldehydes is 2. The van der Waals surface area contributed by atoms with Crippen molar-refractivity contribution in [2.45, 2.75) is 45.4 Å². The molecule has 0 aromatic carbocycles. The minimum Gasteiger partial charge on any atom is -0.303 e. The van der Waals surface area contributed by atoms with Crippen LogP contribution in [0.4, 0.5) is 0 Å². The average Bonchev–Trinajstić information content (AvgIpc) is 2.73. The molecule has 1 rings (SSSR count). The minimum absolute atomic E-state index is 0.0106. The predicted octanol–water partition coefficient (Wildman–Crippen LogP) is 3.16. The van der Waals surface area contributed by atoms with Gasteiger partial charge in [-0.25, -0.2) is 0 Å². The van der Waals surface area contributed by atoms with E-state index in [0.29, 0.717) is 0 Å². The second-order valence-electron chi connectivity index (χ2n) is 5.03. The molecule has 0 amide bonds. The third kappa shape index (κ3) is 2.60. The molecular weight excluding hydrogens is 200 g/mol. The quantitative estimate of drug-likeness (QED) is 0.376. The van der Waals surface area contributed by atoms with Crippen LogP contribution in [-0.4, -0.2) is 12.6 Å². The summed E-state index contributed by atoms with van der Waals surface area (Å²) in [5, 5.41) is 0. The van der Waals surface area contributed by atoms with Gasteiger partial charge in [0.1, 0.15) is 12.6 Å². The Bertz CT molecular complexity index is 259. The molecule has 0 aromatic rings. The Balaban J connectivity index is 2.71. The number of unbranched alkanes of at least 4 members (excludes halogenated alkanes) is 1. The Labute approximate surface area is 98.1 Å². The van der Waals surface area contributed by atoms with Crippen LogP contribution >= 0.6 is 0 Å². The van der Waals surface area contributed by atoms with Gasteiger partial charge < -0.3 is 9.59 Å². The topological polar surface area (TPSA) is 34.1 Å². The molecule has 90 valence electrons. The van der Waals surface area contributed by atoms with Gasteiger partial charge in [-0.1, -0.05) is 19.4 Å². The highest BCUT2D eigenvalue weighted by Gasteiger charge is 2.44. The average molecular weight is 222 g/mol. The van der Waals surface area contributed by atoms with Crippen molar-refractivity contribution < 1.29 is 9.59 Å². The van der Waals surface area contributed by atoms with E-state index in [9.17, 15) is 9.59 Å². The second kappa shape index (κ2) is 5.97. The molecule has 0 spiro atoms. The lowest BCUT2D eigenvalue weighted by atomic mass is 9.70. The predicted molar refractivity (Wildman–Crippen MR) is 65.1 cm³/mol. The third-order valence-corrected chi connectivity index (χ3v) is 4.03. The van der Waals surface area contributed by atoms with Gasteiger partial charge in [0.2, 0.25) is 0 Å². The summed E-state index contributed by atoms with van der Waals surface area (Å²) in [6.45, 7) is 5.64. The zero-order valence-electron chi connectivity index (χ0n) is 10.2. The van der Waals surface area contributed by atoms with E-state index in [1.165, 1.54) is 0 Å². The van der Waals surface area contributed by atoms with Crippen molar-refractivity contribution >= 4 is 12.6 Å². The van der Waals surface area contributed by atoms with Crippen molar-refractivity contribution in [2.24, 2.45) is 17.3 Å². The van der Waals surface area contributed by atoms with E-state index in [1.54, 1.807) is 0 Å². The number of hydrogen-bond donors (Lipinski definition) is 0. The highest BCUT2D eigenvalue weighted by atomic mass is 16.1. The smallest absolute Gasteiger partial charge is 0.126 e. The number of rotatable bonds is 7. The molecule has 0 radical (unpaired) electrons. The van der Waals surface area contributed by atoms with Gasteiger partial charge in [0.25, 0.3) is 0 Å². The van der Waals surface area contributed by atoms with Crippen molar-refractivity contribution in [3.8, 4) is 0 Å². The van der Waals surface area contributed by atoms with Crippen LogP contribution in [0.25, 0.3) is 0 Å². The minimum atomic E-state index is -0.233. The summed E-state index contributed by atoms with van der Waals surface area (Å²) >= 11 is 0. The summed E-state index contributed by atoms with van der Waals surface area (Å²) in [7, 11) is 0. The number of hydrogen-bond acceptors (Lipinski definition) is 2. The monoisotopic (exact) mass is 222 g/mol. The van der Waals surface area contributed by atoms with E-state index in [2.05, 4.69) is 6.58 Å². The Hall–Kier alpha value is -0.920. The number of carbonyl (C=O) groups excluding carboxylic acids is 2. The Morgan fingerprint density at radius 2 is 2.25 bits per heavy atom. The largest absolute Gasteiger partial charge is 0.303 e. The van der Waals surface area contributed by atoms with Crippen molar-refractivity contribution in [1.82, 2.24) is 0 Å². The highest BCUT2D eigenvalue weighted by molar-refractivity contribution is 5.63. The molecule has 1 saturated carbocycles. The summed E-state index contributed by atoms with van der Waals surface area (Å²) in [4.78, 5) is 22.3. The first-order valence-electron chi connectivity index (χ1n) is 6.22. The van der Waals surface area contributed by atoms with Gasteiger partial charge in [-0.15, -0.1) is 6.58 Å². The van der Waals surface area contributed by atoms with Crippen molar-refractivity contribution in [2.75, 3.05) is 0 Å². The lowest BCUT2D eigenvalue weighted by Crippen LogP contribution is -2.32. The molecular formula is C14H22O2. The first-order chi connectivity index (χ1) is 7.70. The standard InChI is InChI=1S/C14H22O2/c1-3-4-5-8-14(11-16)9-6-7-13(14)12(2)10-15/h3,10-13H,1,4-9H2,2H3/t12-,13+,14-/m1/s1. The van der Waals surface area contributed by atoms with E-state index in [-0.39, 0.29) is 17.3 Å². The van der Waals surface area contributed by atoms with Gasteiger partial charge in [-0.05, 0) is 38.0 Å². The van der Waals surface area contributed by atoms with Crippen LogP contribution in [0.15, 0.2) is 12.7 Å². The van der Waals surface area contributed by atoms with E-state index < -0.39 is 0 Å². The van der Waals surface area contributed by atoms with Crippen molar-refractivity contribution in [3.05, 3.63) is 12.7 Å². The zero-order chi connectivity index (χ0) is 12.0. The first-order valence-corrected chi connectivity index (χ1v) is 6.22. The molecule has 0 bridgehead atoms. The molecule has 0 unspecified atom stereocenters. The molecule has 0 heterocycles.